The summed E-state index contributed by atoms with van der Waals surface area (Å²) in [7, 11) is 3.17. The molecule has 0 heterocycles. The molecule has 0 saturated heterocycles. The summed E-state index contributed by atoms with van der Waals surface area (Å²) in [6, 6.07) is 14.9. The summed E-state index contributed by atoms with van der Waals surface area (Å²) in [4.78, 5) is 25.6. The number of para-hydroxylation sites is 1. The van der Waals surface area contributed by atoms with Crippen molar-refractivity contribution in [2.75, 3.05) is 26.0 Å². The van der Waals surface area contributed by atoms with E-state index in [1.807, 2.05) is 55.5 Å². The Morgan fingerprint density at radius 1 is 1.12 bits per heavy atom. The summed E-state index contributed by atoms with van der Waals surface area (Å²) in [5, 5.41) is 2.77. The molecule has 2 aromatic rings. The zero-order valence-corrected chi connectivity index (χ0v) is 14.7. The maximum Gasteiger partial charge on any atom is 0.246 e. The molecule has 5 nitrogen and oxygen atoms in total. The second-order valence-electron chi connectivity index (χ2n) is 5.68. The van der Waals surface area contributed by atoms with Crippen LogP contribution in [0.2, 0.25) is 0 Å². The second kappa shape index (κ2) is 8.68. The number of aryl methyl sites for hydroxylation is 1. The Bertz CT molecular complexity index is 767. The van der Waals surface area contributed by atoms with Crippen LogP contribution < -0.4 is 10.1 Å². The summed E-state index contributed by atoms with van der Waals surface area (Å²) in [6.07, 6.45) is 3.10. The molecule has 0 atom stereocenters. The fraction of sp³-hybridized carbons (Fsp3) is 0.200. The number of carbonyl (C=O) groups is 2. The van der Waals surface area contributed by atoms with Crippen molar-refractivity contribution in [2.45, 2.75) is 6.92 Å². The van der Waals surface area contributed by atoms with Crippen LogP contribution >= 0.6 is 0 Å². The molecule has 0 saturated carbocycles. The summed E-state index contributed by atoms with van der Waals surface area (Å²) in [6.45, 7) is 1.95. The number of nitrogens with zero attached hydrogens (tertiary/aromatic N) is 1. The number of hydrogen-bond acceptors (Lipinski definition) is 3. The van der Waals surface area contributed by atoms with Crippen molar-refractivity contribution in [3.8, 4) is 5.75 Å². The first-order chi connectivity index (χ1) is 12.0. The Balaban J connectivity index is 1.92. The lowest BCUT2D eigenvalue weighted by Gasteiger charge is -2.15. The minimum Gasteiger partial charge on any atom is -0.496 e. The monoisotopic (exact) mass is 338 g/mol. The van der Waals surface area contributed by atoms with E-state index in [1.54, 1.807) is 20.2 Å². The zero-order valence-electron chi connectivity index (χ0n) is 14.7. The van der Waals surface area contributed by atoms with Gasteiger partial charge in [0.25, 0.3) is 0 Å². The molecule has 1 N–H and O–H groups in total. The molecule has 0 unspecified atom stereocenters. The molecular formula is C20H22N2O3. The number of carbonyl (C=O) groups excluding carboxylic acids is 2. The predicted octanol–water partition coefficient (Wildman–Crippen LogP) is 3.11. The molecule has 0 spiro atoms. The fourth-order valence-corrected chi connectivity index (χ4v) is 2.22. The molecule has 130 valence electrons. The number of likely N-dealkylation sites (N-methyl/N-ethyl adjacent to an activating group) is 1. The number of benzene rings is 2. The van der Waals surface area contributed by atoms with Crippen LogP contribution in [0.3, 0.4) is 0 Å². The van der Waals surface area contributed by atoms with Gasteiger partial charge >= 0.3 is 0 Å². The van der Waals surface area contributed by atoms with E-state index in [0.29, 0.717) is 11.4 Å². The van der Waals surface area contributed by atoms with Gasteiger partial charge in [-0.1, -0.05) is 35.9 Å². The molecule has 0 aliphatic carbocycles. The third-order valence-electron chi connectivity index (χ3n) is 3.64. The van der Waals surface area contributed by atoms with Crippen LogP contribution in [-0.2, 0) is 9.59 Å². The van der Waals surface area contributed by atoms with Crippen LogP contribution in [0.15, 0.2) is 54.6 Å². The van der Waals surface area contributed by atoms with E-state index in [2.05, 4.69) is 5.32 Å². The summed E-state index contributed by atoms with van der Waals surface area (Å²) in [5.74, 6) is 0.182. The third-order valence-corrected chi connectivity index (χ3v) is 3.64. The Labute approximate surface area is 147 Å². The molecule has 0 aromatic heterocycles. The minimum atomic E-state index is -0.259. The van der Waals surface area contributed by atoms with Crippen LogP contribution in [0.1, 0.15) is 11.1 Å². The van der Waals surface area contributed by atoms with Crippen molar-refractivity contribution in [3.63, 3.8) is 0 Å². The number of nitrogens with one attached hydrogen (secondary N) is 1. The zero-order chi connectivity index (χ0) is 18.2. The van der Waals surface area contributed by atoms with E-state index < -0.39 is 0 Å². The maximum absolute atomic E-state index is 12.2. The van der Waals surface area contributed by atoms with Gasteiger partial charge in [-0.25, -0.2) is 0 Å². The Morgan fingerprint density at radius 3 is 2.48 bits per heavy atom. The highest BCUT2D eigenvalue weighted by atomic mass is 16.5. The van der Waals surface area contributed by atoms with Crippen LogP contribution in [0.25, 0.3) is 6.08 Å². The average molecular weight is 338 g/mol. The van der Waals surface area contributed by atoms with Crippen LogP contribution in [0, 0.1) is 6.92 Å². The van der Waals surface area contributed by atoms with E-state index in [4.69, 9.17) is 4.74 Å². The molecule has 2 amide bonds. The highest BCUT2D eigenvalue weighted by Crippen LogP contribution is 2.18. The Morgan fingerprint density at radius 2 is 1.80 bits per heavy atom. The number of amides is 2. The number of methoxy groups -OCH3 is 1. The van der Waals surface area contributed by atoms with E-state index in [1.165, 1.54) is 11.0 Å². The van der Waals surface area contributed by atoms with Gasteiger partial charge in [-0.15, -0.1) is 0 Å². The average Bonchev–Trinajstić information content (AvgIpc) is 2.61. The van der Waals surface area contributed by atoms with E-state index >= 15 is 0 Å². The first-order valence-corrected chi connectivity index (χ1v) is 7.92. The molecule has 0 aliphatic heterocycles. The van der Waals surface area contributed by atoms with Crippen molar-refractivity contribution < 1.29 is 14.3 Å². The largest absolute Gasteiger partial charge is 0.496 e. The lowest BCUT2D eigenvalue weighted by Crippen LogP contribution is -2.33. The molecule has 0 aliphatic rings. The lowest BCUT2D eigenvalue weighted by atomic mass is 10.2. The van der Waals surface area contributed by atoms with Gasteiger partial charge in [-0.2, -0.15) is 0 Å². The van der Waals surface area contributed by atoms with Gasteiger partial charge in [-0.05, 0) is 31.2 Å². The quantitative estimate of drug-likeness (QED) is 0.823. The molecule has 0 fully saturated rings. The molecule has 25 heavy (non-hydrogen) atoms. The van der Waals surface area contributed by atoms with Gasteiger partial charge < -0.3 is 15.0 Å². The van der Waals surface area contributed by atoms with E-state index in [-0.39, 0.29) is 18.4 Å². The number of ether oxygens (including phenoxy) is 1. The molecule has 2 aromatic carbocycles. The molecule has 2 rings (SSSR count). The molecule has 0 radical (unpaired) electrons. The van der Waals surface area contributed by atoms with Crippen LogP contribution in [-0.4, -0.2) is 37.4 Å². The number of hydrogen-bond donors (Lipinski definition) is 1. The van der Waals surface area contributed by atoms with Gasteiger partial charge in [-0.3, -0.25) is 9.59 Å². The number of rotatable bonds is 6. The fourth-order valence-electron chi connectivity index (χ4n) is 2.22. The molecule has 5 heteroatoms. The third kappa shape index (κ3) is 5.49. The first-order valence-electron chi connectivity index (χ1n) is 7.92. The predicted molar refractivity (Wildman–Crippen MR) is 99.5 cm³/mol. The smallest absolute Gasteiger partial charge is 0.246 e. The minimum absolute atomic E-state index is 0.0248. The summed E-state index contributed by atoms with van der Waals surface area (Å²) >= 11 is 0. The van der Waals surface area contributed by atoms with Crippen molar-refractivity contribution in [1.29, 1.82) is 0 Å². The van der Waals surface area contributed by atoms with Gasteiger partial charge in [0.2, 0.25) is 11.8 Å². The highest BCUT2D eigenvalue weighted by Gasteiger charge is 2.11. The van der Waals surface area contributed by atoms with Crippen molar-refractivity contribution in [3.05, 3.63) is 65.7 Å². The Kier molecular flexibility index (Phi) is 6.34. The van der Waals surface area contributed by atoms with Gasteiger partial charge in [0, 0.05) is 24.4 Å². The standard InChI is InChI=1S/C20H22N2O3/c1-15-8-11-17(12-9-15)21-19(23)14-22(2)20(24)13-10-16-6-4-5-7-18(16)25-3/h4-13H,14H2,1-3H3,(H,21,23)/b13-10+. The van der Waals surface area contributed by atoms with Gasteiger partial charge in [0.05, 0.1) is 13.7 Å². The summed E-state index contributed by atoms with van der Waals surface area (Å²) < 4.78 is 5.24. The maximum atomic E-state index is 12.2. The van der Waals surface area contributed by atoms with Crippen molar-refractivity contribution >= 4 is 23.6 Å². The van der Waals surface area contributed by atoms with Crippen molar-refractivity contribution in [2.24, 2.45) is 0 Å². The molecular weight excluding hydrogens is 316 g/mol. The summed E-state index contributed by atoms with van der Waals surface area (Å²) in [5.41, 5.74) is 2.63. The van der Waals surface area contributed by atoms with Crippen LogP contribution in [0.5, 0.6) is 5.75 Å². The van der Waals surface area contributed by atoms with Crippen LogP contribution in [0.4, 0.5) is 5.69 Å². The van der Waals surface area contributed by atoms with Gasteiger partial charge in [0.1, 0.15) is 5.75 Å². The Hall–Kier alpha value is -3.08. The van der Waals surface area contributed by atoms with E-state index in [0.717, 1.165) is 11.1 Å². The van der Waals surface area contributed by atoms with Gasteiger partial charge in [0.15, 0.2) is 0 Å². The normalized spacial score (nSPS) is 10.5. The van der Waals surface area contributed by atoms with E-state index in [9.17, 15) is 9.59 Å². The number of anilines is 1. The molecule has 0 bridgehead atoms. The topological polar surface area (TPSA) is 58.6 Å². The SMILES string of the molecule is COc1ccccc1/C=C/C(=O)N(C)CC(=O)Nc1ccc(C)cc1. The first kappa shape index (κ1) is 18.3. The highest BCUT2D eigenvalue weighted by molar-refractivity contribution is 5.98. The second-order valence-corrected chi connectivity index (χ2v) is 5.68. The van der Waals surface area contributed by atoms with Crippen molar-refractivity contribution in [1.82, 2.24) is 4.90 Å². The lowest BCUT2D eigenvalue weighted by molar-refractivity contribution is -0.129.